The van der Waals surface area contributed by atoms with Crippen molar-refractivity contribution in [2.45, 2.75) is 64.8 Å². The van der Waals surface area contributed by atoms with Crippen LogP contribution in [0, 0.1) is 0 Å². The molecule has 0 aromatic carbocycles. The lowest BCUT2D eigenvalue weighted by Gasteiger charge is -2.41. The van der Waals surface area contributed by atoms with E-state index >= 15 is 0 Å². The van der Waals surface area contributed by atoms with E-state index in [2.05, 4.69) is 53.4 Å². The van der Waals surface area contributed by atoms with E-state index in [1.54, 1.807) is 0 Å². The fraction of sp³-hybridized carbons (Fsp3) is 0.786. The van der Waals surface area contributed by atoms with Crippen molar-refractivity contribution >= 4 is 8.32 Å². The van der Waals surface area contributed by atoms with E-state index in [4.69, 9.17) is 9.53 Å². The molecule has 0 aliphatic rings. The van der Waals surface area contributed by atoms with Crippen molar-refractivity contribution in [3.63, 3.8) is 0 Å². The van der Waals surface area contributed by atoms with Crippen molar-refractivity contribution in [3.05, 3.63) is 17.9 Å². The molecule has 3 heteroatoms. The van der Waals surface area contributed by atoms with Gasteiger partial charge < -0.3 is 9.53 Å². The molecular formula is C14H28O2Si. The number of hydrogen-bond acceptors (Lipinski definition) is 2. The molecule has 0 radical (unpaired) electrons. The molecule has 17 heavy (non-hydrogen) atoms. The maximum absolute atomic E-state index is 8.68. The van der Waals surface area contributed by atoms with E-state index in [9.17, 15) is 0 Å². The molecule has 0 aliphatic heterocycles. The Balaban J connectivity index is 4.71. The van der Waals surface area contributed by atoms with Crippen molar-refractivity contribution in [1.82, 2.24) is 0 Å². The number of aliphatic hydroxyl groups excluding tert-OH is 1. The summed E-state index contributed by atoms with van der Waals surface area (Å²) >= 11 is 0. The molecule has 0 aromatic heterocycles. The third-order valence-electron chi connectivity index (χ3n) is 3.15. The summed E-state index contributed by atoms with van der Waals surface area (Å²) in [6, 6.07) is 0. The van der Waals surface area contributed by atoms with Gasteiger partial charge in [0.25, 0.3) is 0 Å². The van der Waals surface area contributed by atoms with Crippen molar-refractivity contribution in [2.75, 3.05) is 6.61 Å². The predicted octanol–water partition coefficient (Wildman–Crippen LogP) is 3.88. The summed E-state index contributed by atoms with van der Waals surface area (Å²) in [5.74, 6) is 0. The molecule has 0 rings (SSSR count). The number of aliphatic hydroxyl groups is 1. The van der Waals surface area contributed by atoms with Crippen LogP contribution < -0.4 is 0 Å². The third kappa shape index (κ3) is 6.23. The van der Waals surface area contributed by atoms with Gasteiger partial charge in [-0.05, 0) is 50.6 Å². The molecule has 0 saturated heterocycles. The average molecular weight is 256 g/mol. The minimum atomic E-state index is -1.74. The van der Waals surface area contributed by atoms with E-state index in [0.717, 1.165) is 0 Å². The molecule has 0 fully saturated rings. The molecule has 0 unspecified atom stereocenters. The Morgan fingerprint density at radius 2 is 1.71 bits per heavy atom. The van der Waals surface area contributed by atoms with E-state index < -0.39 is 8.32 Å². The summed E-state index contributed by atoms with van der Waals surface area (Å²) < 4.78 is 6.31. The molecular weight excluding hydrogens is 228 g/mol. The molecule has 0 saturated carbocycles. The second-order valence-electron chi connectivity index (χ2n) is 6.49. The van der Waals surface area contributed by atoms with Gasteiger partial charge in [-0.25, -0.2) is 0 Å². The summed E-state index contributed by atoms with van der Waals surface area (Å²) in [5.41, 5.74) is 2.79. The third-order valence-corrected chi connectivity index (χ3v) is 7.80. The van der Waals surface area contributed by atoms with Gasteiger partial charge in [-0.2, -0.15) is 0 Å². The molecule has 0 heterocycles. The van der Waals surface area contributed by atoms with Crippen molar-refractivity contribution in [1.29, 1.82) is 0 Å². The normalized spacial score (nSPS) is 13.2. The minimum absolute atomic E-state index is 0.171. The summed E-state index contributed by atoms with van der Waals surface area (Å²) in [6.45, 7) is 15.5. The van der Waals surface area contributed by atoms with Gasteiger partial charge in [0.2, 0.25) is 0 Å². The topological polar surface area (TPSA) is 29.5 Å². The average Bonchev–Trinajstić information content (AvgIpc) is 2.09. The van der Waals surface area contributed by atoms with Crippen LogP contribution in [0.3, 0.4) is 0 Å². The molecule has 0 spiro atoms. The monoisotopic (exact) mass is 256 g/mol. The van der Waals surface area contributed by atoms with Crippen LogP contribution in [0.4, 0.5) is 0 Å². The lowest BCUT2D eigenvalue weighted by atomic mass is 10.1. The van der Waals surface area contributed by atoms with E-state index in [1.165, 1.54) is 0 Å². The van der Waals surface area contributed by atoms with Gasteiger partial charge in [-0.1, -0.05) is 20.8 Å². The molecule has 0 bridgehead atoms. The maximum Gasteiger partial charge on any atom is 0.193 e. The van der Waals surface area contributed by atoms with Gasteiger partial charge in [-0.15, -0.1) is 5.73 Å². The standard InChI is InChI=1S/C14H28O2Si/c1-13(2,3)17(6,7)16-14(4,5)11-9-8-10-12-15/h8,11,15H,10,12H2,1-7H3. The Hall–Kier alpha value is -0.343. The smallest absolute Gasteiger partial charge is 0.193 e. The molecule has 0 aromatic rings. The van der Waals surface area contributed by atoms with Gasteiger partial charge in [0, 0.05) is 6.61 Å². The Labute approximate surface area is 108 Å². The first-order valence-electron chi connectivity index (χ1n) is 6.25. The van der Waals surface area contributed by atoms with Gasteiger partial charge >= 0.3 is 0 Å². The second kappa shape index (κ2) is 6.01. The molecule has 0 amide bonds. The number of rotatable bonds is 5. The van der Waals surface area contributed by atoms with Crippen LogP contribution in [0.25, 0.3) is 0 Å². The Kier molecular flexibility index (Phi) is 5.89. The first-order chi connectivity index (χ1) is 7.52. The van der Waals surface area contributed by atoms with Gasteiger partial charge in [0.05, 0.1) is 5.60 Å². The van der Waals surface area contributed by atoms with E-state index in [-0.39, 0.29) is 17.2 Å². The van der Waals surface area contributed by atoms with Crippen molar-refractivity contribution < 1.29 is 9.53 Å². The zero-order valence-electron chi connectivity index (χ0n) is 12.4. The fourth-order valence-electron chi connectivity index (χ4n) is 1.25. The SMILES string of the molecule is CC(C)(C=C=CCCO)O[Si](C)(C)C(C)(C)C. The van der Waals surface area contributed by atoms with Crippen LogP contribution in [-0.4, -0.2) is 25.6 Å². The zero-order chi connectivity index (χ0) is 13.7. The fourth-order valence-corrected chi connectivity index (χ4v) is 2.93. The Morgan fingerprint density at radius 3 is 2.12 bits per heavy atom. The van der Waals surface area contributed by atoms with E-state index in [1.807, 2.05) is 12.2 Å². The molecule has 100 valence electrons. The first kappa shape index (κ1) is 16.7. The molecule has 0 atom stereocenters. The Bertz CT molecular complexity index is 292. The summed E-state index contributed by atoms with van der Waals surface area (Å²) in [6.07, 6.45) is 4.44. The summed E-state index contributed by atoms with van der Waals surface area (Å²) in [7, 11) is -1.74. The maximum atomic E-state index is 8.68. The van der Waals surface area contributed by atoms with Crippen LogP contribution in [0.5, 0.6) is 0 Å². The zero-order valence-corrected chi connectivity index (χ0v) is 13.4. The van der Waals surface area contributed by atoms with Crippen LogP contribution in [0.15, 0.2) is 17.9 Å². The lowest BCUT2D eigenvalue weighted by molar-refractivity contribution is 0.142. The van der Waals surface area contributed by atoms with E-state index in [0.29, 0.717) is 6.42 Å². The first-order valence-corrected chi connectivity index (χ1v) is 9.16. The highest BCUT2D eigenvalue weighted by Crippen LogP contribution is 2.39. The van der Waals surface area contributed by atoms with Gasteiger partial charge in [0.1, 0.15) is 0 Å². The molecule has 1 N–H and O–H groups in total. The Morgan fingerprint density at radius 1 is 1.18 bits per heavy atom. The summed E-state index contributed by atoms with van der Waals surface area (Å²) in [4.78, 5) is 0. The lowest BCUT2D eigenvalue weighted by Crippen LogP contribution is -2.46. The predicted molar refractivity (Wildman–Crippen MR) is 76.7 cm³/mol. The van der Waals surface area contributed by atoms with Gasteiger partial charge in [0.15, 0.2) is 8.32 Å². The second-order valence-corrected chi connectivity index (χ2v) is 11.2. The highest BCUT2D eigenvalue weighted by atomic mass is 28.4. The van der Waals surface area contributed by atoms with Crippen LogP contribution in [0.2, 0.25) is 18.1 Å². The van der Waals surface area contributed by atoms with Crippen LogP contribution in [-0.2, 0) is 4.43 Å². The number of hydrogen-bond donors (Lipinski definition) is 1. The van der Waals surface area contributed by atoms with Gasteiger partial charge in [-0.3, -0.25) is 0 Å². The highest BCUT2D eigenvalue weighted by molar-refractivity contribution is 6.74. The largest absolute Gasteiger partial charge is 0.408 e. The highest BCUT2D eigenvalue weighted by Gasteiger charge is 2.40. The van der Waals surface area contributed by atoms with Crippen molar-refractivity contribution in [2.24, 2.45) is 0 Å². The van der Waals surface area contributed by atoms with Crippen LogP contribution >= 0.6 is 0 Å². The van der Waals surface area contributed by atoms with Crippen LogP contribution in [0.1, 0.15) is 41.0 Å². The summed E-state index contributed by atoms with van der Waals surface area (Å²) in [5, 5.41) is 8.89. The quantitative estimate of drug-likeness (QED) is 0.597. The molecule has 0 aliphatic carbocycles. The molecule has 2 nitrogen and oxygen atoms in total. The minimum Gasteiger partial charge on any atom is -0.408 e. The van der Waals surface area contributed by atoms with Crippen molar-refractivity contribution in [3.8, 4) is 0 Å².